The molecule has 0 amide bonds. The van der Waals surface area contributed by atoms with Gasteiger partial charge in [-0.1, -0.05) is 30.3 Å². The number of hydrogen-bond donors (Lipinski definition) is 1. The number of carbonyl (C=O) groups is 2. The maximum atomic E-state index is 12.3. The van der Waals surface area contributed by atoms with Crippen molar-refractivity contribution in [3.8, 4) is 0 Å². The van der Waals surface area contributed by atoms with Crippen LogP contribution in [0.2, 0.25) is 0 Å². The third kappa shape index (κ3) is 3.68. The van der Waals surface area contributed by atoms with Gasteiger partial charge in [0.05, 0.1) is 6.61 Å². The largest absolute Gasteiger partial charge is 0.462 e. The van der Waals surface area contributed by atoms with Crippen LogP contribution in [0.5, 0.6) is 0 Å². The molecule has 1 aromatic rings. The van der Waals surface area contributed by atoms with Gasteiger partial charge in [0.25, 0.3) is 0 Å². The molecule has 0 radical (unpaired) electrons. The molecule has 0 aromatic heterocycles. The molecule has 0 aliphatic heterocycles. The van der Waals surface area contributed by atoms with Gasteiger partial charge < -0.3 is 10.1 Å². The summed E-state index contributed by atoms with van der Waals surface area (Å²) in [5, 5.41) is 3.06. The number of hydrogen-bond acceptors (Lipinski definition) is 4. The van der Waals surface area contributed by atoms with E-state index in [-0.39, 0.29) is 18.0 Å². The van der Waals surface area contributed by atoms with Crippen molar-refractivity contribution in [2.24, 2.45) is 0 Å². The normalized spacial score (nSPS) is 14.9. The topological polar surface area (TPSA) is 55.4 Å². The highest BCUT2D eigenvalue weighted by Crippen LogP contribution is 2.19. The Morgan fingerprint density at radius 3 is 2.58 bits per heavy atom. The number of carbonyl (C=O) groups excluding carboxylic acids is 2. The summed E-state index contributed by atoms with van der Waals surface area (Å²) in [7, 11) is 0. The molecular formula is C15H17NO3. The lowest BCUT2D eigenvalue weighted by Gasteiger charge is -2.07. The maximum Gasteiger partial charge on any atom is 0.343 e. The van der Waals surface area contributed by atoms with Crippen LogP contribution in [-0.2, 0) is 9.53 Å². The van der Waals surface area contributed by atoms with Crippen LogP contribution in [0.25, 0.3) is 0 Å². The molecule has 0 atom stereocenters. The molecule has 0 bridgehead atoms. The number of rotatable bonds is 6. The van der Waals surface area contributed by atoms with Crippen molar-refractivity contribution in [3.05, 3.63) is 47.7 Å². The van der Waals surface area contributed by atoms with Crippen molar-refractivity contribution < 1.29 is 14.3 Å². The molecule has 1 saturated carbocycles. The fourth-order valence-corrected chi connectivity index (χ4v) is 1.62. The Morgan fingerprint density at radius 1 is 1.32 bits per heavy atom. The maximum absolute atomic E-state index is 12.3. The Balaban J connectivity index is 2.18. The van der Waals surface area contributed by atoms with Gasteiger partial charge in [0.1, 0.15) is 5.57 Å². The number of ether oxygens (including phenoxy) is 1. The van der Waals surface area contributed by atoms with Gasteiger partial charge in [-0.05, 0) is 19.8 Å². The Bertz CT molecular complexity index is 489. The summed E-state index contributed by atoms with van der Waals surface area (Å²) in [6, 6.07) is 9.12. The minimum absolute atomic E-state index is 0.0555. The lowest BCUT2D eigenvalue weighted by atomic mass is 10.0. The van der Waals surface area contributed by atoms with Crippen molar-refractivity contribution in [2.45, 2.75) is 25.8 Å². The molecule has 0 saturated heterocycles. The third-order valence-corrected chi connectivity index (χ3v) is 2.82. The number of Topliss-reactive ketones (excluding diaryl/α,β-unsaturated/α-hetero) is 1. The summed E-state index contributed by atoms with van der Waals surface area (Å²) in [5.74, 6) is -0.892. The average Bonchev–Trinajstić information content (AvgIpc) is 3.24. The fraction of sp³-hybridized carbons (Fsp3) is 0.333. The summed E-state index contributed by atoms with van der Waals surface area (Å²) in [6.07, 6.45) is 3.64. The summed E-state index contributed by atoms with van der Waals surface area (Å²) >= 11 is 0. The summed E-state index contributed by atoms with van der Waals surface area (Å²) in [6.45, 7) is 1.97. The van der Waals surface area contributed by atoms with Gasteiger partial charge in [-0.3, -0.25) is 4.79 Å². The van der Waals surface area contributed by atoms with E-state index < -0.39 is 5.97 Å². The first kappa shape index (κ1) is 13.3. The van der Waals surface area contributed by atoms with Crippen LogP contribution in [0.15, 0.2) is 42.1 Å². The molecule has 0 spiro atoms. The summed E-state index contributed by atoms with van der Waals surface area (Å²) < 4.78 is 4.93. The van der Waals surface area contributed by atoms with Gasteiger partial charge in [-0.25, -0.2) is 4.79 Å². The molecule has 0 heterocycles. The highest BCUT2D eigenvalue weighted by atomic mass is 16.5. The molecule has 2 rings (SSSR count). The van der Waals surface area contributed by atoms with Gasteiger partial charge in [0.2, 0.25) is 5.78 Å². The predicted molar refractivity (Wildman–Crippen MR) is 71.6 cm³/mol. The first-order valence-electron chi connectivity index (χ1n) is 6.45. The van der Waals surface area contributed by atoms with E-state index in [4.69, 9.17) is 4.74 Å². The van der Waals surface area contributed by atoms with E-state index in [1.807, 2.05) is 6.07 Å². The summed E-state index contributed by atoms with van der Waals surface area (Å²) in [5.41, 5.74) is 0.541. The lowest BCUT2D eigenvalue weighted by molar-refractivity contribution is -0.138. The average molecular weight is 259 g/mol. The molecule has 1 fully saturated rings. The second-order valence-electron chi connectivity index (χ2n) is 4.41. The van der Waals surface area contributed by atoms with E-state index in [2.05, 4.69) is 5.32 Å². The SMILES string of the molecule is CCOC(=O)/C(=C\NC1CC1)C(=O)c1ccccc1. The molecule has 1 aromatic carbocycles. The van der Waals surface area contributed by atoms with Crippen LogP contribution >= 0.6 is 0 Å². The van der Waals surface area contributed by atoms with Crippen molar-refractivity contribution in [2.75, 3.05) is 6.61 Å². The van der Waals surface area contributed by atoms with Crippen LogP contribution in [0, 0.1) is 0 Å². The predicted octanol–water partition coefficient (Wildman–Crippen LogP) is 2.07. The Kier molecular flexibility index (Phi) is 4.34. The van der Waals surface area contributed by atoms with E-state index in [0.717, 1.165) is 12.8 Å². The van der Waals surface area contributed by atoms with Gasteiger partial charge in [-0.15, -0.1) is 0 Å². The Labute approximate surface area is 112 Å². The van der Waals surface area contributed by atoms with Crippen molar-refractivity contribution in [3.63, 3.8) is 0 Å². The van der Waals surface area contributed by atoms with Gasteiger partial charge in [0.15, 0.2) is 0 Å². The van der Waals surface area contributed by atoms with Crippen LogP contribution in [0.4, 0.5) is 0 Å². The first-order valence-corrected chi connectivity index (χ1v) is 6.45. The smallest absolute Gasteiger partial charge is 0.343 e. The lowest BCUT2D eigenvalue weighted by Crippen LogP contribution is -2.20. The highest BCUT2D eigenvalue weighted by molar-refractivity contribution is 6.24. The number of nitrogens with one attached hydrogen (secondary N) is 1. The van der Waals surface area contributed by atoms with E-state index in [1.165, 1.54) is 6.20 Å². The Morgan fingerprint density at radius 2 is 2.00 bits per heavy atom. The van der Waals surface area contributed by atoms with E-state index in [9.17, 15) is 9.59 Å². The number of esters is 1. The number of benzene rings is 1. The molecule has 100 valence electrons. The second kappa shape index (κ2) is 6.18. The highest BCUT2D eigenvalue weighted by Gasteiger charge is 2.24. The fourth-order valence-electron chi connectivity index (χ4n) is 1.62. The van der Waals surface area contributed by atoms with Crippen LogP contribution < -0.4 is 5.32 Å². The zero-order valence-corrected chi connectivity index (χ0v) is 10.9. The van der Waals surface area contributed by atoms with Gasteiger partial charge >= 0.3 is 5.97 Å². The Hall–Kier alpha value is -2.10. The van der Waals surface area contributed by atoms with E-state index >= 15 is 0 Å². The van der Waals surface area contributed by atoms with Crippen LogP contribution in [0.1, 0.15) is 30.1 Å². The zero-order chi connectivity index (χ0) is 13.7. The zero-order valence-electron chi connectivity index (χ0n) is 10.9. The van der Waals surface area contributed by atoms with Gasteiger partial charge in [0, 0.05) is 17.8 Å². The van der Waals surface area contributed by atoms with E-state index in [0.29, 0.717) is 11.6 Å². The quantitative estimate of drug-likeness (QED) is 0.279. The monoisotopic (exact) mass is 259 g/mol. The molecule has 1 aliphatic rings. The van der Waals surface area contributed by atoms with Crippen molar-refractivity contribution >= 4 is 11.8 Å². The first-order chi connectivity index (χ1) is 9.22. The standard InChI is InChI=1S/C15H17NO3/c1-2-19-15(18)13(10-16-12-8-9-12)14(17)11-6-4-3-5-7-11/h3-7,10,12,16H,2,8-9H2,1H3/b13-10-. The van der Waals surface area contributed by atoms with E-state index in [1.54, 1.807) is 31.2 Å². The van der Waals surface area contributed by atoms with Crippen LogP contribution in [-0.4, -0.2) is 24.4 Å². The molecule has 1 aliphatic carbocycles. The molecule has 4 nitrogen and oxygen atoms in total. The van der Waals surface area contributed by atoms with Crippen LogP contribution in [0.3, 0.4) is 0 Å². The molecule has 19 heavy (non-hydrogen) atoms. The minimum Gasteiger partial charge on any atom is -0.462 e. The third-order valence-electron chi connectivity index (χ3n) is 2.82. The van der Waals surface area contributed by atoms with Gasteiger partial charge in [-0.2, -0.15) is 0 Å². The minimum atomic E-state index is -0.579. The summed E-state index contributed by atoms with van der Waals surface area (Å²) in [4.78, 5) is 24.1. The molecular weight excluding hydrogens is 242 g/mol. The van der Waals surface area contributed by atoms with Crippen molar-refractivity contribution in [1.82, 2.24) is 5.32 Å². The second-order valence-corrected chi connectivity index (χ2v) is 4.41. The number of ketones is 1. The molecule has 0 unspecified atom stereocenters. The van der Waals surface area contributed by atoms with Crippen molar-refractivity contribution in [1.29, 1.82) is 0 Å². The molecule has 4 heteroatoms. The molecule has 1 N–H and O–H groups in total.